The number of H-pyrrole nitrogens is 1. The highest BCUT2D eigenvalue weighted by Gasteiger charge is 2.68. The first kappa shape index (κ1) is 17.3. The zero-order valence-electron chi connectivity index (χ0n) is 16.7. The van der Waals surface area contributed by atoms with E-state index in [0.29, 0.717) is 12.3 Å². The first-order chi connectivity index (χ1) is 13.2. The summed E-state index contributed by atoms with van der Waals surface area (Å²) in [4.78, 5) is 22.1. The number of piperidine rings is 1. The van der Waals surface area contributed by atoms with Gasteiger partial charge in [0.2, 0.25) is 5.91 Å². The van der Waals surface area contributed by atoms with Crippen molar-refractivity contribution in [1.82, 2.24) is 14.8 Å². The van der Waals surface area contributed by atoms with Crippen molar-refractivity contribution in [3.8, 4) is 0 Å². The van der Waals surface area contributed by atoms with Crippen LogP contribution in [0.5, 0.6) is 0 Å². The average Bonchev–Trinajstić information content (AvgIpc) is 3.19. The van der Waals surface area contributed by atoms with E-state index in [0.717, 1.165) is 51.7 Å². The maximum Gasteiger partial charge on any atom is 0.225 e. The molecule has 2 aromatic rings. The minimum absolute atomic E-state index is 0.0339. The molecule has 1 aromatic heterocycles. The molecule has 144 valence electrons. The van der Waals surface area contributed by atoms with Crippen molar-refractivity contribution in [2.45, 2.75) is 64.5 Å². The third kappa shape index (κ3) is 2.05. The Kier molecular flexibility index (Phi) is 3.91. The minimum Gasteiger partial charge on any atom is -0.355 e. The molecule has 0 aliphatic carbocycles. The Balaban J connectivity index is 1.80. The standard InChI is InChI=1S/C23H31N3O/c1-3-5-14-26-20(27)16-22(4-2)12-8-13-25-15-11-18-17-9-6-7-10-19(17)24-21(18)23(22,25)26/h6-7,9-10,24H,3-5,8,11-16H2,1-2H3/t22-,23+/m0/s1. The van der Waals surface area contributed by atoms with Crippen molar-refractivity contribution in [1.29, 1.82) is 0 Å². The van der Waals surface area contributed by atoms with Gasteiger partial charge < -0.3 is 9.88 Å². The lowest BCUT2D eigenvalue weighted by Gasteiger charge is -2.60. The van der Waals surface area contributed by atoms with Gasteiger partial charge in [0.1, 0.15) is 5.66 Å². The van der Waals surface area contributed by atoms with E-state index in [1.807, 2.05) is 0 Å². The molecule has 4 heteroatoms. The molecule has 1 spiro atoms. The van der Waals surface area contributed by atoms with Crippen LogP contribution in [0.2, 0.25) is 0 Å². The summed E-state index contributed by atoms with van der Waals surface area (Å²) in [5.74, 6) is 0.365. The fraction of sp³-hybridized carbons (Fsp3) is 0.609. The van der Waals surface area contributed by atoms with Crippen LogP contribution in [0, 0.1) is 5.41 Å². The summed E-state index contributed by atoms with van der Waals surface area (Å²) < 4.78 is 0. The Morgan fingerprint density at radius 1 is 1.19 bits per heavy atom. The number of para-hydroxylation sites is 1. The molecule has 0 bridgehead atoms. The van der Waals surface area contributed by atoms with Gasteiger partial charge in [-0.3, -0.25) is 9.69 Å². The lowest BCUT2D eigenvalue weighted by Crippen LogP contribution is -2.67. The van der Waals surface area contributed by atoms with Crippen LogP contribution in [-0.4, -0.2) is 40.3 Å². The second-order valence-corrected chi connectivity index (χ2v) is 8.75. The number of aromatic amines is 1. The number of fused-ring (bicyclic) bond motifs is 3. The monoisotopic (exact) mass is 365 g/mol. The van der Waals surface area contributed by atoms with Gasteiger partial charge in [-0.2, -0.15) is 0 Å². The zero-order chi connectivity index (χ0) is 18.6. The van der Waals surface area contributed by atoms with Crippen LogP contribution in [0.4, 0.5) is 0 Å². The van der Waals surface area contributed by atoms with Crippen LogP contribution in [-0.2, 0) is 16.9 Å². The predicted octanol–water partition coefficient (Wildman–Crippen LogP) is 4.40. The normalized spacial score (nSPS) is 30.4. The van der Waals surface area contributed by atoms with Crippen LogP contribution in [0.25, 0.3) is 10.9 Å². The molecule has 1 N–H and O–H groups in total. The summed E-state index contributed by atoms with van der Waals surface area (Å²) in [6, 6.07) is 8.70. The molecule has 3 aliphatic rings. The van der Waals surface area contributed by atoms with Crippen molar-refractivity contribution in [3.63, 3.8) is 0 Å². The van der Waals surface area contributed by atoms with E-state index >= 15 is 0 Å². The summed E-state index contributed by atoms with van der Waals surface area (Å²) >= 11 is 0. The molecule has 27 heavy (non-hydrogen) atoms. The van der Waals surface area contributed by atoms with Gasteiger partial charge in [0.25, 0.3) is 0 Å². The van der Waals surface area contributed by atoms with Crippen molar-refractivity contribution < 1.29 is 4.79 Å². The van der Waals surface area contributed by atoms with E-state index in [-0.39, 0.29) is 11.1 Å². The van der Waals surface area contributed by atoms with Crippen LogP contribution in [0.15, 0.2) is 24.3 Å². The van der Waals surface area contributed by atoms with Crippen LogP contribution in [0.1, 0.15) is 63.6 Å². The summed E-state index contributed by atoms with van der Waals surface area (Å²) in [7, 11) is 0. The van der Waals surface area contributed by atoms with Crippen LogP contribution < -0.4 is 0 Å². The summed E-state index contributed by atoms with van der Waals surface area (Å²) in [5, 5.41) is 1.35. The molecule has 1 amide bonds. The minimum atomic E-state index is -0.265. The second-order valence-electron chi connectivity index (χ2n) is 8.75. The van der Waals surface area contributed by atoms with E-state index < -0.39 is 0 Å². The SMILES string of the molecule is CCCCN1C(=O)C[C@]2(CC)CCCN3CCc4c([nH]c5ccccc45)[C@@]312. The van der Waals surface area contributed by atoms with Gasteiger partial charge in [0.15, 0.2) is 0 Å². The molecule has 5 rings (SSSR count). The van der Waals surface area contributed by atoms with Gasteiger partial charge in [-0.25, -0.2) is 0 Å². The first-order valence-electron chi connectivity index (χ1n) is 10.8. The van der Waals surface area contributed by atoms with Gasteiger partial charge >= 0.3 is 0 Å². The Labute approximate surface area is 161 Å². The number of carbonyl (C=O) groups is 1. The Morgan fingerprint density at radius 3 is 2.85 bits per heavy atom. The summed E-state index contributed by atoms with van der Waals surface area (Å²) in [6.45, 7) is 7.57. The number of likely N-dealkylation sites (tertiary alicyclic amines) is 1. The topological polar surface area (TPSA) is 39.3 Å². The first-order valence-corrected chi connectivity index (χ1v) is 10.8. The van der Waals surface area contributed by atoms with E-state index in [4.69, 9.17) is 0 Å². The smallest absolute Gasteiger partial charge is 0.225 e. The van der Waals surface area contributed by atoms with Crippen molar-refractivity contribution in [2.24, 2.45) is 5.41 Å². The van der Waals surface area contributed by atoms with Gasteiger partial charge in [0, 0.05) is 42.4 Å². The number of aromatic nitrogens is 1. The molecule has 0 unspecified atom stereocenters. The van der Waals surface area contributed by atoms with E-state index in [1.54, 1.807) is 0 Å². The fourth-order valence-electron chi connectivity index (χ4n) is 6.50. The lowest BCUT2D eigenvalue weighted by atomic mass is 9.63. The highest BCUT2D eigenvalue weighted by atomic mass is 16.2. The molecule has 4 nitrogen and oxygen atoms in total. The van der Waals surface area contributed by atoms with Crippen molar-refractivity contribution >= 4 is 16.8 Å². The van der Waals surface area contributed by atoms with Gasteiger partial charge in [-0.05, 0) is 43.7 Å². The highest BCUT2D eigenvalue weighted by Crippen LogP contribution is 2.63. The van der Waals surface area contributed by atoms with Gasteiger partial charge in [0.05, 0.1) is 5.69 Å². The Morgan fingerprint density at radius 2 is 2.04 bits per heavy atom. The number of hydrogen-bond acceptors (Lipinski definition) is 2. The van der Waals surface area contributed by atoms with Gasteiger partial charge in [-0.1, -0.05) is 38.5 Å². The quantitative estimate of drug-likeness (QED) is 0.872. The summed E-state index contributed by atoms with van der Waals surface area (Å²) in [6.07, 6.45) is 7.42. The zero-order valence-corrected chi connectivity index (χ0v) is 16.7. The average molecular weight is 366 g/mol. The number of nitrogens with one attached hydrogen (secondary N) is 1. The largest absolute Gasteiger partial charge is 0.355 e. The molecule has 0 radical (unpaired) electrons. The number of carbonyl (C=O) groups excluding carboxylic acids is 1. The highest BCUT2D eigenvalue weighted by molar-refractivity contribution is 5.87. The molecule has 1 aromatic carbocycles. The van der Waals surface area contributed by atoms with Gasteiger partial charge in [-0.15, -0.1) is 0 Å². The molecular formula is C23H31N3O. The third-order valence-electron chi connectivity index (χ3n) is 7.67. The number of nitrogens with zero attached hydrogens (tertiary/aromatic N) is 2. The Hall–Kier alpha value is -1.81. The Bertz CT molecular complexity index is 887. The number of unbranched alkanes of at least 4 members (excludes halogenated alkanes) is 1. The molecular weight excluding hydrogens is 334 g/mol. The number of hydrogen-bond donors (Lipinski definition) is 1. The van der Waals surface area contributed by atoms with Crippen LogP contribution in [0.3, 0.4) is 0 Å². The maximum absolute atomic E-state index is 13.4. The summed E-state index contributed by atoms with van der Waals surface area (Å²) in [5.41, 5.74) is 3.78. The molecule has 3 aliphatic heterocycles. The number of rotatable bonds is 4. The lowest BCUT2D eigenvalue weighted by molar-refractivity contribution is -0.163. The predicted molar refractivity (Wildman–Crippen MR) is 108 cm³/mol. The van der Waals surface area contributed by atoms with Crippen LogP contribution >= 0.6 is 0 Å². The van der Waals surface area contributed by atoms with E-state index in [2.05, 4.69) is 52.9 Å². The molecule has 0 saturated carbocycles. The van der Waals surface area contributed by atoms with Crippen molar-refractivity contribution in [2.75, 3.05) is 19.6 Å². The molecule has 2 fully saturated rings. The molecule has 4 heterocycles. The number of benzene rings is 1. The molecule has 2 saturated heterocycles. The molecule has 2 atom stereocenters. The number of amides is 1. The maximum atomic E-state index is 13.4. The second kappa shape index (κ2) is 6.10. The third-order valence-corrected chi connectivity index (χ3v) is 7.67. The van der Waals surface area contributed by atoms with Crippen molar-refractivity contribution in [3.05, 3.63) is 35.5 Å². The fourth-order valence-corrected chi connectivity index (χ4v) is 6.50. The van der Waals surface area contributed by atoms with E-state index in [9.17, 15) is 4.79 Å². The van der Waals surface area contributed by atoms with E-state index in [1.165, 1.54) is 28.6 Å².